The third-order valence-electron chi connectivity index (χ3n) is 3.97. The Bertz CT molecular complexity index is 589. The number of carbonyl (C=O) groups is 1. The van der Waals surface area contributed by atoms with E-state index in [0.717, 1.165) is 0 Å². The lowest BCUT2D eigenvalue weighted by molar-refractivity contribution is -0.440. The second kappa shape index (κ2) is 8.94. The average Bonchev–Trinajstić information content (AvgIpc) is 2.55. The van der Waals surface area contributed by atoms with Gasteiger partial charge in [0.1, 0.15) is 6.04 Å². The van der Waals surface area contributed by atoms with Crippen molar-refractivity contribution >= 4 is 5.97 Å². The quantitative estimate of drug-likeness (QED) is 0.373. The van der Waals surface area contributed by atoms with Crippen LogP contribution in [-0.4, -0.2) is 59.5 Å². The van der Waals surface area contributed by atoms with Crippen LogP contribution >= 0.6 is 0 Å². The monoisotopic (exact) mass is 477 g/mol. The zero-order valence-electron chi connectivity index (χ0n) is 14.9. The summed E-state index contributed by atoms with van der Waals surface area (Å²) in [6.07, 6.45) is -9.54. The maximum atomic E-state index is 13.5. The Morgan fingerprint density at radius 2 is 1.23 bits per heavy atom. The van der Waals surface area contributed by atoms with Crippen LogP contribution in [0.4, 0.5) is 57.1 Å². The molecule has 0 aliphatic heterocycles. The number of nitrogens with one attached hydrogen (secondary N) is 1. The van der Waals surface area contributed by atoms with E-state index in [2.05, 4.69) is 0 Å². The predicted molar refractivity (Wildman–Crippen MR) is 74.4 cm³/mol. The average molecular weight is 477 g/mol. The second-order valence-electron chi connectivity index (χ2n) is 6.24. The fourth-order valence-corrected chi connectivity index (χ4v) is 2.08. The molecule has 0 aromatic heterocycles. The molecule has 3 nitrogen and oxygen atoms in total. The van der Waals surface area contributed by atoms with Gasteiger partial charge in [-0.15, -0.1) is 0 Å². The maximum absolute atomic E-state index is 13.5. The summed E-state index contributed by atoms with van der Waals surface area (Å²) in [7, 11) is 0. The fourth-order valence-electron chi connectivity index (χ4n) is 2.08. The van der Waals surface area contributed by atoms with Gasteiger partial charge in [0.2, 0.25) is 0 Å². The standard InChI is InChI=1S/C14H16F13NO2/c1-2-3-4-7(8(29)30)28-6-5-9(15,16)10(17,18)11(19,20)12(21,22)13(23,24)14(25,26)27/h7,28H,2-6H2,1H3,(H,29,30)/t7-/m0/s1. The van der Waals surface area contributed by atoms with Gasteiger partial charge in [0.25, 0.3) is 0 Å². The summed E-state index contributed by atoms with van der Waals surface area (Å²) in [5, 5.41) is 10.5. The van der Waals surface area contributed by atoms with Gasteiger partial charge < -0.3 is 10.4 Å². The molecule has 2 N–H and O–H groups in total. The molecule has 180 valence electrons. The van der Waals surface area contributed by atoms with Gasteiger partial charge in [-0.3, -0.25) is 4.79 Å². The summed E-state index contributed by atoms with van der Waals surface area (Å²) in [5.41, 5.74) is 0. The van der Waals surface area contributed by atoms with Gasteiger partial charge in [0.05, 0.1) is 0 Å². The molecule has 0 fully saturated rings. The first-order chi connectivity index (χ1) is 13.1. The summed E-state index contributed by atoms with van der Waals surface area (Å²) in [4.78, 5) is 10.8. The van der Waals surface area contributed by atoms with Crippen LogP contribution in [0.25, 0.3) is 0 Å². The third kappa shape index (κ3) is 5.04. The van der Waals surface area contributed by atoms with Crippen LogP contribution in [0, 0.1) is 0 Å². The lowest BCUT2D eigenvalue weighted by atomic mass is 9.92. The van der Waals surface area contributed by atoms with Gasteiger partial charge in [-0.2, -0.15) is 57.1 Å². The van der Waals surface area contributed by atoms with Gasteiger partial charge in [0.15, 0.2) is 0 Å². The van der Waals surface area contributed by atoms with Crippen molar-refractivity contribution in [3.05, 3.63) is 0 Å². The molecule has 0 aliphatic rings. The van der Waals surface area contributed by atoms with Gasteiger partial charge in [-0.05, 0) is 6.42 Å². The molecule has 0 unspecified atom stereocenters. The summed E-state index contributed by atoms with van der Waals surface area (Å²) in [6.45, 7) is 0.104. The molecule has 0 aliphatic carbocycles. The molecular formula is C14H16F13NO2. The van der Waals surface area contributed by atoms with E-state index in [-0.39, 0.29) is 12.8 Å². The highest BCUT2D eigenvalue weighted by Crippen LogP contribution is 2.60. The Hall–Kier alpha value is -1.48. The van der Waals surface area contributed by atoms with Crippen LogP contribution in [0.1, 0.15) is 32.6 Å². The lowest BCUT2D eigenvalue weighted by Crippen LogP contribution is -2.70. The van der Waals surface area contributed by atoms with E-state index in [1.165, 1.54) is 0 Å². The maximum Gasteiger partial charge on any atom is 0.460 e. The van der Waals surface area contributed by atoms with Crippen molar-refractivity contribution in [3.8, 4) is 0 Å². The van der Waals surface area contributed by atoms with E-state index in [1.807, 2.05) is 0 Å². The molecule has 0 bridgehead atoms. The van der Waals surface area contributed by atoms with Gasteiger partial charge in [0, 0.05) is 13.0 Å². The van der Waals surface area contributed by atoms with E-state index in [9.17, 15) is 61.9 Å². The zero-order chi connectivity index (χ0) is 24.4. The van der Waals surface area contributed by atoms with E-state index >= 15 is 0 Å². The van der Waals surface area contributed by atoms with Crippen molar-refractivity contribution in [1.82, 2.24) is 5.32 Å². The zero-order valence-corrected chi connectivity index (χ0v) is 14.9. The van der Waals surface area contributed by atoms with Gasteiger partial charge >= 0.3 is 41.8 Å². The number of halogens is 13. The predicted octanol–water partition coefficient (Wildman–Crippen LogP) is 5.35. The van der Waals surface area contributed by atoms with E-state index in [4.69, 9.17) is 5.11 Å². The second-order valence-corrected chi connectivity index (χ2v) is 6.24. The normalized spacial score (nSPS) is 15.9. The van der Waals surface area contributed by atoms with Gasteiger partial charge in [-0.1, -0.05) is 19.8 Å². The topological polar surface area (TPSA) is 49.3 Å². The molecular weight excluding hydrogens is 461 g/mol. The first-order valence-corrected chi connectivity index (χ1v) is 8.03. The molecule has 0 radical (unpaired) electrons. The number of unbranched alkanes of at least 4 members (excludes halogenated alkanes) is 1. The molecule has 16 heteroatoms. The van der Waals surface area contributed by atoms with Crippen LogP contribution in [0.5, 0.6) is 0 Å². The smallest absolute Gasteiger partial charge is 0.460 e. The summed E-state index contributed by atoms with van der Waals surface area (Å²) >= 11 is 0. The molecule has 0 spiro atoms. The SMILES string of the molecule is CCCC[C@H](NCCC(F)(F)C(F)(F)C(F)(F)C(F)(F)C(F)(F)C(F)(F)F)C(=O)O. The third-order valence-corrected chi connectivity index (χ3v) is 3.97. The number of hydrogen-bond acceptors (Lipinski definition) is 2. The van der Waals surface area contributed by atoms with E-state index in [0.29, 0.717) is 6.42 Å². The summed E-state index contributed by atoms with van der Waals surface area (Å²) in [5.74, 6) is -38.8. The minimum atomic E-state index is -7.94. The molecule has 0 rings (SSSR count). The molecule has 0 saturated carbocycles. The summed E-state index contributed by atoms with van der Waals surface area (Å²) in [6, 6.07) is -1.62. The van der Waals surface area contributed by atoms with E-state index < -0.39 is 60.8 Å². The highest BCUT2D eigenvalue weighted by atomic mass is 19.4. The number of carboxylic acid groups (broad SMARTS) is 1. The first-order valence-electron chi connectivity index (χ1n) is 8.03. The van der Waals surface area contributed by atoms with Crippen molar-refractivity contribution in [1.29, 1.82) is 0 Å². The number of aliphatic carboxylic acids is 1. The number of alkyl halides is 13. The molecule has 1 atom stereocenters. The van der Waals surface area contributed by atoms with Crippen LogP contribution in [0.15, 0.2) is 0 Å². The van der Waals surface area contributed by atoms with Gasteiger partial charge in [-0.25, -0.2) is 0 Å². The van der Waals surface area contributed by atoms with E-state index in [1.54, 1.807) is 12.2 Å². The number of hydrogen-bond donors (Lipinski definition) is 2. The van der Waals surface area contributed by atoms with Crippen LogP contribution in [0.2, 0.25) is 0 Å². The van der Waals surface area contributed by atoms with Crippen LogP contribution in [-0.2, 0) is 4.79 Å². The van der Waals surface area contributed by atoms with Crippen LogP contribution < -0.4 is 5.32 Å². The highest BCUT2D eigenvalue weighted by Gasteiger charge is 2.90. The Labute approximate surface area is 160 Å². The Balaban J connectivity index is 5.67. The Morgan fingerprint density at radius 1 is 0.800 bits per heavy atom. The first kappa shape index (κ1) is 28.5. The van der Waals surface area contributed by atoms with Crippen LogP contribution in [0.3, 0.4) is 0 Å². The minimum absolute atomic E-state index is 0.202. The highest BCUT2D eigenvalue weighted by molar-refractivity contribution is 5.73. The Morgan fingerprint density at radius 3 is 1.60 bits per heavy atom. The number of rotatable bonds is 12. The molecule has 0 saturated heterocycles. The largest absolute Gasteiger partial charge is 0.480 e. The molecule has 0 amide bonds. The fraction of sp³-hybridized carbons (Fsp3) is 0.929. The van der Waals surface area contributed by atoms with Crippen molar-refractivity contribution in [2.24, 2.45) is 0 Å². The number of carboxylic acids is 1. The van der Waals surface area contributed by atoms with Crippen molar-refractivity contribution in [2.75, 3.05) is 6.54 Å². The Kier molecular flexibility index (Phi) is 8.50. The molecule has 0 aromatic rings. The lowest BCUT2D eigenvalue weighted by Gasteiger charge is -2.39. The van der Waals surface area contributed by atoms with Crippen molar-refractivity contribution in [3.63, 3.8) is 0 Å². The van der Waals surface area contributed by atoms with Crippen molar-refractivity contribution < 1.29 is 67.0 Å². The molecule has 30 heavy (non-hydrogen) atoms. The molecule has 0 aromatic carbocycles. The minimum Gasteiger partial charge on any atom is -0.480 e. The summed E-state index contributed by atoms with van der Waals surface area (Å²) < 4.78 is 168. The van der Waals surface area contributed by atoms with Crippen molar-refractivity contribution in [2.45, 2.75) is 74.4 Å². The molecule has 0 heterocycles.